The summed E-state index contributed by atoms with van der Waals surface area (Å²) in [6, 6.07) is 5.43. The van der Waals surface area contributed by atoms with Crippen LogP contribution in [0.1, 0.15) is 11.1 Å². The number of aryl methyl sites for hydroxylation is 1. The first kappa shape index (κ1) is 15.4. The summed E-state index contributed by atoms with van der Waals surface area (Å²) in [5.74, 6) is 0.219. The monoisotopic (exact) mass is 336 g/mol. The first-order valence-electron chi connectivity index (χ1n) is 6.60. The molecule has 0 aliphatic carbocycles. The van der Waals surface area contributed by atoms with E-state index in [1.165, 1.54) is 17.5 Å². The Kier molecular flexibility index (Phi) is 3.99. The largest absolute Gasteiger partial charge is 0.416 e. The molecule has 8 heteroatoms. The summed E-state index contributed by atoms with van der Waals surface area (Å²) in [7, 11) is 0. The number of thiazole rings is 1. The minimum absolute atomic E-state index is 0.219. The molecular weight excluding hydrogens is 325 g/mol. The first-order valence-corrected chi connectivity index (χ1v) is 7.48. The lowest BCUT2D eigenvalue weighted by Gasteiger charge is -2.11. The van der Waals surface area contributed by atoms with Crippen molar-refractivity contribution in [2.24, 2.45) is 0 Å². The number of nitrogens with zero attached hydrogens (tertiary/aromatic N) is 3. The highest BCUT2D eigenvalue weighted by atomic mass is 32.1. The number of benzene rings is 1. The van der Waals surface area contributed by atoms with E-state index in [4.69, 9.17) is 0 Å². The molecule has 3 rings (SSSR count). The maximum atomic E-state index is 12.9. The summed E-state index contributed by atoms with van der Waals surface area (Å²) in [6.45, 7) is 1.60. The summed E-state index contributed by atoms with van der Waals surface area (Å²) in [6.07, 6.45) is -1.20. The van der Waals surface area contributed by atoms with Crippen molar-refractivity contribution in [1.82, 2.24) is 15.0 Å². The molecule has 2 heterocycles. The van der Waals surface area contributed by atoms with Gasteiger partial charge in [-0.1, -0.05) is 0 Å². The van der Waals surface area contributed by atoms with Crippen LogP contribution >= 0.6 is 11.3 Å². The van der Waals surface area contributed by atoms with Crippen LogP contribution in [0.2, 0.25) is 0 Å². The molecule has 1 N–H and O–H groups in total. The molecule has 0 spiro atoms. The van der Waals surface area contributed by atoms with E-state index < -0.39 is 11.7 Å². The summed E-state index contributed by atoms with van der Waals surface area (Å²) in [4.78, 5) is 12.5. The molecule has 0 fully saturated rings. The Hall–Kier alpha value is -2.48. The Balaban J connectivity index is 1.91. The molecule has 3 aromatic rings. The van der Waals surface area contributed by atoms with E-state index in [2.05, 4.69) is 20.3 Å². The zero-order valence-corrected chi connectivity index (χ0v) is 12.7. The highest BCUT2D eigenvalue weighted by molar-refractivity contribution is 7.13. The van der Waals surface area contributed by atoms with Crippen LogP contribution in [0.4, 0.5) is 24.8 Å². The fraction of sp³-hybridized carbons (Fsp3) is 0.133. The van der Waals surface area contributed by atoms with Gasteiger partial charge in [-0.3, -0.25) is 0 Å². The van der Waals surface area contributed by atoms with Crippen molar-refractivity contribution in [2.45, 2.75) is 13.1 Å². The second kappa shape index (κ2) is 5.96. The quantitative estimate of drug-likeness (QED) is 0.755. The van der Waals surface area contributed by atoms with Gasteiger partial charge < -0.3 is 5.32 Å². The molecule has 2 aromatic heterocycles. The predicted octanol–water partition coefficient (Wildman–Crippen LogP) is 4.67. The third-order valence-electron chi connectivity index (χ3n) is 2.97. The minimum atomic E-state index is -4.40. The van der Waals surface area contributed by atoms with E-state index in [0.717, 1.165) is 17.1 Å². The lowest BCUT2D eigenvalue weighted by molar-refractivity contribution is -0.137. The van der Waals surface area contributed by atoms with E-state index in [9.17, 15) is 13.2 Å². The van der Waals surface area contributed by atoms with E-state index >= 15 is 0 Å². The lowest BCUT2D eigenvalue weighted by Crippen LogP contribution is -2.06. The standard InChI is InChI=1S/C15H11F3N4S/c1-9-6-10(15(16,17)18)8-11(7-9)21-14-20-3-2-12(22-14)13-19-4-5-23-13/h2-8H,1H3,(H,20,21,22). The van der Waals surface area contributed by atoms with Crippen molar-refractivity contribution in [1.29, 1.82) is 0 Å². The van der Waals surface area contributed by atoms with Gasteiger partial charge in [0.2, 0.25) is 5.95 Å². The van der Waals surface area contributed by atoms with Gasteiger partial charge in [-0.25, -0.2) is 15.0 Å². The van der Waals surface area contributed by atoms with Crippen LogP contribution in [0, 0.1) is 6.92 Å². The zero-order valence-electron chi connectivity index (χ0n) is 11.9. The normalized spacial score (nSPS) is 11.5. The Morgan fingerprint density at radius 3 is 2.61 bits per heavy atom. The van der Waals surface area contributed by atoms with Gasteiger partial charge in [0.05, 0.1) is 5.56 Å². The van der Waals surface area contributed by atoms with Crippen molar-refractivity contribution >= 4 is 23.0 Å². The minimum Gasteiger partial charge on any atom is -0.324 e. The summed E-state index contributed by atoms with van der Waals surface area (Å²) in [5.41, 5.74) is 0.685. The molecule has 4 nitrogen and oxygen atoms in total. The lowest BCUT2D eigenvalue weighted by atomic mass is 10.1. The molecule has 0 radical (unpaired) electrons. The number of alkyl halides is 3. The number of hydrogen-bond acceptors (Lipinski definition) is 5. The second-order valence-electron chi connectivity index (χ2n) is 4.81. The first-order chi connectivity index (χ1) is 10.9. The average molecular weight is 336 g/mol. The van der Waals surface area contributed by atoms with Crippen LogP contribution in [-0.2, 0) is 6.18 Å². The van der Waals surface area contributed by atoms with Gasteiger partial charge >= 0.3 is 6.18 Å². The van der Waals surface area contributed by atoms with Gasteiger partial charge in [-0.2, -0.15) is 13.2 Å². The molecular formula is C15H11F3N4S. The summed E-state index contributed by atoms with van der Waals surface area (Å²) < 4.78 is 38.6. The number of aromatic nitrogens is 3. The molecule has 0 atom stereocenters. The maximum absolute atomic E-state index is 12.9. The molecule has 23 heavy (non-hydrogen) atoms. The molecule has 0 aliphatic rings. The highest BCUT2D eigenvalue weighted by Crippen LogP contribution is 2.32. The molecule has 0 amide bonds. The van der Waals surface area contributed by atoms with Crippen molar-refractivity contribution in [2.75, 3.05) is 5.32 Å². The second-order valence-corrected chi connectivity index (χ2v) is 5.71. The van der Waals surface area contributed by atoms with Gasteiger partial charge in [-0.15, -0.1) is 11.3 Å². The number of halogens is 3. The molecule has 0 bridgehead atoms. The Labute approximate surface area is 134 Å². The average Bonchev–Trinajstić information content (AvgIpc) is 3.00. The van der Waals surface area contributed by atoms with Crippen molar-refractivity contribution < 1.29 is 13.2 Å². The van der Waals surface area contributed by atoms with Crippen LogP contribution in [0.25, 0.3) is 10.7 Å². The molecule has 0 saturated heterocycles. The van der Waals surface area contributed by atoms with Crippen LogP contribution in [0.5, 0.6) is 0 Å². The Morgan fingerprint density at radius 1 is 1.09 bits per heavy atom. The molecule has 0 aliphatic heterocycles. The molecule has 118 valence electrons. The van der Waals surface area contributed by atoms with E-state index in [1.54, 1.807) is 25.3 Å². The van der Waals surface area contributed by atoms with Crippen molar-refractivity contribution in [3.63, 3.8) is 0 Å². The van der Waals surface area contributed by atoms with Crippen molar-refractivity contribution in [3.8, 4) is 10.7 Å². The molecule has 0 saturated carbocycles. The number of rotatable bonds is 3. The van der Waals surface area contributed by atoms with Crippen molar-refractivity contribution in [3.05, 3.63) is 53.2 Å². The summed E-state index contributed by atoms with van der Waals surface area (Å²) >= 11 is 1.42. The fourth-order valence-electron chi connectivity index (χ4n) is 2.04. The van der Waals surface area contributed by atoms with Gasteiger partial charge in [0.15, 0.2) is 0 Å². The van der Waals surface area contributed by atoms with Crippen LogP contribution < -0.4 is 5.32 Å². The van der Waals surface area contributed by atoms with E-state index in [-0.39, 0.29) is 11.6 Å². The fourth-order valence-corrected chi connectivity index (χ4v) is 2.64. The number of nitrogens with one attached hydrogen (secondary N) is 1. The van der Waals surface area contributed by atoms with Crippen LogP contribution in [0.15, 0.2) is 42.0 Å². The third kappa shape index (κ3) is 3.65. The SMILES string of the molecule is Cc1cc(Nc2nccc(-c3nccs3)n2)cc(C(F)(F)F)c1. The smallest absolute Gasteiger partial charge is 0.324 e. The van der Waals surface area contributed by atoms with Crippen LogP contribution in [-0.4, -0.2) is 15.0 Å². The van der Waals surface area contributed by atoms with Gasteiger partial charge in [0, 0.05) is 23.5 Å². The molecule has 1 aromatic carbocycles. The van der Waals surface area contributed by atoms with Crippen LogP contribution in [0.3, 0.4) is 0 Å². The van der Waals surface area contributed by atoms with E-state index in [0.29, 0.717) is 11.3 Å². The highest BCUT2D eigenvalue weighted by Gasteiger charge is 2.30. The maximum Gasteiger partial charge on any atom is 0.416 e. The third-order valence-corrected chi connectivity index (χ3v) is 3.76. The van der Waals surface area contributed by atoms with Gasteiger partial charge in [0.1, 0.15) is 10.7 Å². The number of anilines is 2. The topological polar surface area (TPSA) is 50.7 Å². The zero-order chi connectivity index (χ0) is 16.4. The predicted molar refractivity (Wildman–Crippen MR) is 82.6 cm³/mol. The molecule has 0 unspecified atom stereocenters. The Bertz CT molecular complexity index is 816. The van der Waals surface area contributed by atoms with Gasteiger partial charge in [-0.05, 0) is 36.8 Å². The Morgan fingerprint density at radius 2 is 1.91 bits per heavy atom. The van der Waals surface area contributed by atoms with Gasteiger partial charge in [0.25, 0.3) is 0 Å². The number of hydrogen-bond donors (Lipinski definition) is 1. The summed E-state index contributed by atoms with van der Waals surface area (Å²) in [5, 5.41) is 5.35. The van der Waals surface area contributed by atoms with E-state index in [1.807, 2.05) is 5.38 Å².